The number of hydrogen-bond donors (Lipinski definition) is 1. The molecule has 2 aliphatic heterocycles. The number of halogens is 3. The van der Waals surface area contributed by atoms with E-state index >= 15 is 0 Å². The van der Waals surface area contributed by atoms with Crippen molar-refractivity contribution >= 4 is 11.8 Å². The molecule has 2 amide bonds. The molecule has 2 aliphatic rings. The molecule has 1 N–H and O–H groups in total. The molecule has 0 bridgehead atoms. The number of nitrogens with zero attached hydrogens (tertiary/aromatic N) is 3. The van der Waals surface area contributed by atoms with Crippen LogP contribution >= 0.6 is 0 Å². The molecule has 0 unspecified atom stereocenters. The lowest BCUT2D eigenvalue weighted by Gasteiger charge is -2.26. The summed E-state index contributed by atoms with van der Waals surface area (Å²) in [4.78, 5) is 48.5. The van der Waals surface area contributed by atoms with Crippen LogP contribution in [0.25, 0.3) is 11.4 Å². The van der Waals surface area contributed by atoms with Gasteiger partial charge >= 0.3 is 6.18 Å². The first kappa shape index (κ1) is 24.8. The highest BCUT2D eigenvalue weighted by Crippen LogP contribution is 2.31. The van der Waals surface area contributed by atoms with Crippen LogP contribution in [0.1, 0.15) is 49.1 Å². The average Bonchev–Trinajstić information content (AvgIpc) is 3.46. The summed E-state index contributed by atoms with van der Waals surface area (Å²) in [6, 6.07) is 14.7. The Balaban J connectivity index is 1.13. The molecule has 0 atom stereocenters. The van der Waals surface area contributed by atoms with Gasteiger partial charge < -0.3 is 9.40 Å². The molecule has 198 valence electrons. The number of amides is 2. The molecule has 4 aromatic rings. The van der Waals surface area contributed by atoms with Crippen molar-refractivity contribution in [3.8, 4) is 11.4 Å². The number of fused-ring (bicyclic) bond motifs is 2. The number of furan rings is 1. The number of benzene rings is 2. The fourth-order valence-electron chi connectivity index (χ4n) is 4.92. The van der Waals surface area contributed by atoms with Crippen LogP contribution in [0, 0.1) is 0 Å². The van der Waals surface area contributed by atoms with E-state index in [0.717, 1.165) is 17.0 Å². The first-order valence-electron chi connectivity index (χ1n) is 12.2. The van der Waals surface area contributed by atoms with E-state index in [1.807, 2.05) is 4.90 Å². The highest BCUT2D eigenvalue weighted by molar-refractivity contribution is 6.21. The molecule has 6 rings (SSSR count). The Morgan fingerprint density at radius 1 is 0.872 bits per heavy atom. The van der Waals surface area contributed by atoms with Crippen LogP contribution in [-0.2, 0) is 32.2 Å². The van der Waals surface area contributed by atoms with Gasteiger partial charge in [-0.3, -0.25) is 24.2 Å². The average molecular weight is 534 g/mol. The van der Waals surface area contributed by atoms with Crippen LogP contribution in [0.3, 0.4) is 0 Å². The monoisotopic (exact) mass is 534 g/mol. The van der Waals surface area contributed by atoms with E-state index in [4.69, 9.17) is 4.42 Å². The molecule has 8 nitrogen and oxygen atoms in total. The summed E-state index contributed by atoms with van der Waals surface area (Å²) in [6.45, 7) is 1.33. The van der Waals surface area contributed by atoms with Gasteiger partial charge in [0.15, 0.2) is 0 Å². The molecule has 0 saturated carbocycles. The number of alkyl halides is 3. The third-order valence-electron chi connectivity index (χ3n) is 6.92. The lowest BCUT2D eigenvalue weighted by atomic mass is 10.1. The van der Waals surface area contributed by atoms with Crippen molar-refractivity contribution in [1.29, 1.82) is 0 Å². The van der Waals surface area contributed by atoms with Crippen molar-refractivity contribution < 1.29 is 27.2 Å². The minimum absolute atomic E-state index is 0.0193. The summed E-state index contributed by atoms with van der Waals surface area (Å²) in [7, 11) is 0. The van der Waals surface area contributed by atoms with Gasteiger partial charge in [-0.1, -0.05) is 24.3 Å². The Bertz CT molecular complexity index is 1620. The number of imide groups is 1. The number of H-pyrrole nitrogens is 1. The summed E-state index contributed by atoms with van der Waals surface area (Å²) < 4.78 is 44.5. The summed E-state index contributed by atoms with van der Waals surface area (Å²) in [6.07, 6.45) is -3.96. The van der Waals surface area contributed by atoms with E-state index < -0.39 is 11.7 Å². The lowest BCUT2D eigenvalue weighted by molar-refractivity contribution is -0.137. The van der Waals surface area contributed by atoms with E-state index in [1.165, 1.54) is 12.1 Å². The Morgan fingerprint density at radius 2 is 1.51 bits per heavy atom. The highest BCUT2D eigenvalue weighted by atomic mass is 19.4. The fraction of sp³-hybridized carbons (Fsp3) is 0.214. The summed E-state index contributed by atoms with van der Waals surface area (Å²) >= 11 is 0. The van der Waals surface area contributed by atoms with E-state index in [0.29, 0.717) is 65.5 Å². The SMILES string of the molecule is O=C1c2ccccc2C(=O)N1Cc1ccc(CN2CCc3nc(-c4ccc(C(F)(F)F)cc4)[nH]c(=O)c3C2)o1. The van der Waals surface area contributed by atoms with Gasteiger partial charge in [-0.25, -0.2) is 4.98 Å². The number of nitrogens with one attached hydrogen (secondary N) is 1. The third-order valence-corrected chi connectivity index (χ3v) is 6.92. The number of aromatic nitrogens is 2. The second-order valence-corrected chi connectivity index (χ2v) is 9.49. The molecule has 4 heterocycles. The molecule has 2 aromatic carbocycles. The molecule has 39 heavy (non-hydrogen) atoms. The van der Waals surface area contributed by atoms with Gasteiger partial charge in [0.05, 0.1) is 41.0 Å². The van der Waals surface area contributed by atoms with Crippen LogP contribution in [-0.4, -0.2) is 38.1 Å². The van der Waals surface area contributed by atoms with Crippen LogP contribution in [0.2, 0.25) is 0 Å². The molecule has 0 fully saturated rings. The third kappa shape index (κ3) is 4.65. The van der Waals surface area contributed by atoms with Crippen LogP contribution in [0.4, 0.5) is 13.2 Å². The highest BCUT2D eigenvalue weighted by Gasteiger charge is 2.35. The maximum absolute atomic E-state index is 12.9. The smallest absolute Gasteiger partial charge is 0.416 e. The van der Waals surface area contributed by atoms with Crippen LogP contribution < -0.4 is 5.56 Å². The van der Waals surface area contributed by atoms with Crippen LogP contribution in [0.15, 0.2) is 69.9 Å². The first-order valence-corrected chi connectivity index (χ1v) is 12.2. The van der Waals surface area contributed by atoms with Crippen molar-refractivity contribution in [3.05, 3.63) is 110 Å². The number of aromatic amines is 1. The van der Waals surface area contributed by atoms with E-state index in [9.17, 15) is 27.6 Å². The number of rotatable bonds is 5. The lowest BCUT2D eigenvalue weighted by Crippen LogP contribution is -2.35. The summed E-state index contributed by atoms with van der Waals surface area (Å²) in [5.41, 5.74) is 1.14. The van der Waals surface area contributed by atoms with Crippen molar-refractivity contribution in [2.24, 2.45) is 0 Å². The van der Waals surface area contributed by atoms with Gasteiger partial charge in [0, 0.05) is 25.1 Å². The number of carbonyl (C=O) groups excluding carboxylic acids is 2. The van der Waals surface area contributed by atoms with Gasteiger partial charge in [-0.15, -0.1) is 0 Å². The standard InChI is InChI=1S/C28H21F3N4O4/c29-28(30,31)17-7-5-16(6-8-17)24-32-23-11-12-34(15-22(23)25(36)33-24)13-18-9-10-19(39-18)14-35-26(37)20-3-1-2-4-21(20)27(35)38/h1-10H,11-15H2,(H,32,33,36). The minimum atomic E-state index is -4.44. The van der Waals surface area contributed by atoms with Gasteiger partial charge in [-0.2, -0.15) is 13.2 Å². The largest absolute Gasteiger partial charge is 0.463 e. The van der Waals surface area contributed by atoms with Gasteiger partial charge in [0.2, 0.25) is 0 Å². The number of carbonyl (C=O) groups is 2. The molecule has 11 heteroatoms. The molecular weight excluding hydrogens is 513 g/mol. The maximum atomic E-state index is 12.9. The van der Waals surface area contributed by atoms with Gasteiger partial charge in [0.1, 0.15) is 17.3 Å². The predicted octanol–water partition coefficient (Wildman–Crippen LogP) is 4.40. The van der Waals surface area contributed by atoms with Crippen molar-refractivity contribution in [1.82, 2.24) is 19.8 Å². The van der Waals surface area contributed by atoms with Crippen molar-refractivity contribution in [3.63, 3.8) is 0 Å². The van der Waals surface area contributed by atoms with Gasteiger partial charge in [0.25, 0.3) is 17.4 Å². The quantitative estimate of drug-likeness (QED) is 0.381. The zero-order valence-electron chi connectivity index (χ0n) is 20.4. The molecule has 2 aromatic heterocycles. The van der Waals surface area contributed by atoms with E-state index in [1.54, 1.807) is 36.4 Å². The Kier molecular flexibility index (Phi) is 5.95. The Labute approximate surface area is 219 Å². The van der Waals surface area contributed by atoms with Crippen LogP contribution in [0.5, 0.6) is 0 Å². The van der Waals surface area contributed by atoms with Crippen molar-refractivity contribution in [2.75, 3.05) is 6.54 Å². The van der Waals surface area contributed by atoms with Gasteiger partial charge in [-0.05, 0) is 36.4 Å². The zero-order valence-corrected chi connectivity index (χ0v) is 20.4. The Morgan fingerprint density at radius 3 is 2.15 bits per heavy atom. The number of hydrogen-bond acceptors (Lipinski definition) is 6. The topological polar surface area (TPSA) is 99.5 Å². The molecule has 0 radical (unpaired) electrons. The summed E-state index contributed by atoms with van der Waals surface area (Å²) in [5, 5.41) is 0. The Hall–Kier alpha value is -4.51. The van der Waals surface area contributed by atoms with E-state index in [2.05, 4.69) is 9.97 Å². The van der Waals surface area contributed by atoms with E-state index in [-0.39, 0.29) is 29.7 Å². The predicted molar refractivity (Wildman–Crippen MR) is 132 cm³/mol. The molecule has 0 aliphatic carbocycles. The molecular formula is C28H21F3N4O4. The minimum Gasteiger partial charge on any atom is -0.463 e. The molecule has 0 spiro atoms. The first-order chi connectivity index (χ1) is 18.7. The maximum Gasteiger partial charge on any atom is 0.416 e. The second-order valence-electron chi connectivity index (χ2n) is 9.49. The normalized spacial score (nSPS) is 15.5. The fourth-order valence-corrected chi connectivity index (χ4v) is 4.92. The van der Waals surface area contributed by atoms with Crippen molar-refractivity contribution in [2.45, 2.75) is 32.2 Å². The zero-order chi connectivity index (χ0) is 27.3. The summed E-state index contributed by atoms with van der Waals surface area (Å²) in [5.74, 6) is 0.602. The second kappa shape index (κ2) is 9.35. The molecule has 0 saturated heterocycles.